The van der Waals surface area contributed by atoms with Gasteiger partial charge in [0.1, 0.15) is 11.4 Å². The van der Waals surface area contributed by atoms with E-state index in [1.165, 1.54) is 4.57 Å². The molecule has 2 rings (SSSR count). The fourth-order valence-corrected chi connectivity index (χ4v) is 2.63. The Kier molecular flexibility index (Phi) is 4.20. The Hall–Kier alpha value is -2.01. The van der Waals surface area contributed by atoms with Crippen molar-refractivity contribution in [3.05, 3.63) is 29.5 Å². The van der Waals surface area contributed by atoms with Gasteiger partial charge in [-0.3, -0.25) is 4.57 Å². The number of benzene rings is 1. The van der Waals surface area contributed by atoms with Gasteiger partial charge in [0, 0.05) is 23.2 Å². The number of aromatic nitrogens is 1. The third-order valence-electron chi connectivity index (χ3n) is 3.43. The Morgan fingerprint density at radius 2 is 2.00 bits per heavy atom. The molecule has 0 radical (unpaired) electrons. The standard InChI is InChI=1S/C17H24N2O3/c1-10-9-13(21-6)14(11(2)18)12-7-8-19(15(10)12)16(20)22-17(3,4)5/h7-9,11H,18H2,1-6H3. The Morgan fingerprint density at radius 3 is 2.50 bits per heavy atom. The van der Waals surface area contributed by atoms with Crippen molar-refractivity contribution in [2.24, 2.45) is 5.73 Å². The van der Waals surface area contributed by atoms with Gasteiger partial charge in [0.25, 0.3) is 0 Å². The van der Waals surface area contributed by atoms with Gasteiger partial charge in [-0.25, -0.2) is 4.79 Å². The Bertz CT molecular complexity index is 709. The number of aryl methyl sites for hydroxylation is 1. The largest absolute Gasteiger partial charge is 0.496 e. The van der Waals surface area contributed by atoms with Crippen molar-refractivity contribution in [3.8, 4) is 5.75 Å². The molecule has 2 N–H and O–H groups in total. The van der Waals surface area contributed by atoms with Gasteiger partial charge in [-0.15, -0.1) is 0 Å². The number of methoxy groups -OCH3 is 1. The van der Waals surface area contributed by atoms with Gasteiger partial charge in [0.05, 0.1) is 12.6 Å². The molecule has 1 aromatic heterocycles. The first-order valence-electron chi connectivity index (χ1n) is 7.33. The van der Waals surface area contributed by atoms with Crippen molar-refractivity contribution in [1.82, 2.24) is 4.57 Å². The van der Waals surface area contributed by atoms with Crippen LogP contribution in [0, 0.1) is 6.92 Å². The lowest BCUT2D eigenvalue weighted by atomic mass is 10.00. The van der Waals surface area contributed by atoms with Gasteiger partial charge >= 0.3 is 6.09 Å². The van der Waals surface area contributed by atoms with Crippen molar-refractivity contribution in [2.75, 3.05) is 7.11 Å². The van der Waals surface area contributed by atoms with E-state index in [9.17, 15) is 4.79 Å². The monoisotopic (exact) mass is 304 g/mol. The van der Waals surface area contributed by atoms with E-state index in [0.29, 0.717) is 0 Å². The maximum Gasteiger partial charge on any atom is 0.419 e. The summed E-state index contributed by atoms with van der Waals surface area (Å²) in [7, 11) is 1.62. The molecule has 0 amide bonds. The minimum absolute atomic E-state index is 0.201. The first-order chi connectivity index (χ1) is 10.2. The molecule has 0 bridgehead atoms. The molecule has 0 saturated heterocycles. The number of ether oxygens (including phenoxy) is 2. The maximum absolute atomic E-state index is 12.4. The van der Waals surface area contributed by atoms with Crippen LogP contribution in [0.5, 0.6) is 5.75 Å². The second-order valence-corrected chi connectivity index (χ2v) is 6.53. The summed E-state index contributed by atoms with van der Waals surface area (Å²) in [6.45, 7) is 9.38. The molecule has 1 unspecified atom stereocenters. The molecule has 5 nitrogen and oxygen atoms in total. The summed E-state index contributed by atoms with van der Waals surface area (Å²) in [5.41, 5.74) is 8.18. The maximum atomic E-state index is 12.4. The predicted octanol–water partition coefficient (Wildman–Crippen LogP) is 3.76. The summed E-state index contributed by atoms with van der Waals surface area (Å²) in [4.78, 5) is 12.4. The molecule has 1 heterocycles. The zero-order valence-electron chi connectivity index (χ0n) is 14.1. The van der Waals surface area contributed by atoms with Crippen molar-refractivity contribution in [2.45, 2.75) is 46.3 Å². The highest BCUT2D eigenvalue weighted by atomic mass is 16.6. The number of hydrogen-bond donors (Lipinski definition) is 1. The second-order valence-electron chi connectivity index (χ2n) is 6.53. The Balaban J connectivity index is 2.66. The van der Waals surface area contributed by atoms with E-state index >= 15 is 0 Å². The number of nitrogens with zero attached hydrogens (tertiary/aromatic N) is 1. The molecule has 0 aliphatic carbocycles. The molecule has 0 aliphatic heterocycles. The quantitative estimate of drug-likeness (QED) is 0.917. The first kappa shape index (κ1) is 16.4. The molecule has 0 saturated carbocycles. The minimum atomic E-state index is -0.544. The van der Waals surface area contributed by atoms with E-state index in [1.54, 1.807) is 13.3 Å². The molecule has 120 valence electrons. The molecular weight excluding hydrogens is 280 g/mol. The molecule has 5 heteroatoms. The van der Waals surface area contributed by atoms with Crippen LogP contribution in [-0.2, 0) is 4.74 Å². The number of carbonyl (C=O) groups excluding carboxylic acids is 1. The van der Waals surface area contributed by atoms with Crippen LogP contribution in [-0.4, -0.2) is 23.4 Å². The van der Waals surface area contributed by atoms with Gasteiger partial charge in [-0.05, 0) is 52.3 Å². The third-order valence-corrected chi connectivity index (χ3v) is 3.43. The summed E-state index contributed by atoms with van der Waals surface area (Å²) in [5, 5.41) is 0.915. The Morgan fingerprint density at radius 1 is 1.36 bits per heavy atom. The van der Waals surface area contributed by atoms with E-state index in [1.807, 2.05) is 46.8 Å². The highest BCUT2D eigenvalue weighted by Crippen LogP contribution is 2.35. The van der Waals surface area contributed by atoms with Crippen LogP contribution in [0.3, 0.4) is 0 Å². The van der Waals surface area contributed by atoms with Crippen LogP contribution in [0.2, 0.25) is 0 Å². The van der Waals surface area contributed by atoms with Crippen LogP contribution in [0.25, 0.3) is 10.9 Å². The van der Waals surface area contributed by atoms with E-state index in [2.05, 4.69) is 0 Å². The number of carbonyl (C=O) groups is 1. The lowest BCUT2D eigenvalue weighted by Gasteiger charge is -2.20. The number of fused-ring (bicyclic) bond motifs is 1. The SMILES string of the molecule is COc1cc(C)c2c(ccn2C(=O)OC(C)(C)C)c1C(C)N. The zero-order valence-corrected chi connectivity index (χ0v) is 14.1. The van der Waals surface area contributed by atoms with E-state index in [4.69, 9.17) is 15.2 Å². The topological polar surface area (TPSA) is 66.5 Å². The third kappa shape index (κ3) is 2.95. The van der Waals surface area contributed by atoms with Crippen LogP contribution in [0.4, 0.5) is 4.79 Å². The molecular formula is C17H24N2O3. The molecule has 22 heavy (non-hydrogen) atoms. The smallest absolute Gasteiger partial charge is 0.419 e. The fraction of sp³-hybridized carbons (Fsp3) is 0.471. The van der Waals surface area contributed by atoms with Crippen LogP contribution in [0.1, 0.15) is 44.9 Å². The normalized spacial score (nSPS) is 13.2. The van der Waals surface area contributed by atoms with Crippen molar-refractivity contribution >= 4 is 17.0 Å². The van der Waals surface area contributed by atoms with Gasteiger partial charge < -0.3 is 15.2 Å². The summed E-state index contributed by atoms with van der Waals surface area (Å²) < 4.78 is 12.4. The summed E-state index contributed by atoms with van der Waals surface area (Å²) in [6, 6.07) is 3.59. The number of hydrogen-bond acceptors (Lipinski definition) is 4. The summed E-state index contributed by atoms with van der Waals surface area (Å²) in [6.07, 6.45) is 1.32. The highest BCUT2D eigenvalue weighted by molar-refractivity contribution is 5.95. The van der Waals surface area contributed by atoms with Gasteiger partial charge in [0.2, 0.25) is 0 Å². The molecule has 0 aliphatic rings. The van der Waals surface area contributed by atoms with E-state index in [-0.39, 0.29) is 6.04 Å². The summed E-state index contributed by atoms with van der Waals surface area (Å²) >= 11 is 0. The molecule has 0 fully saturated rings. The number of nitrogens with two attached hydrogens (primary N) is 1. The Labute approximate surface area is 131 Å². The van der Waals surface area contributed by atoms with Crippen LogP contribution in [0.15, 0.2) is 18.3 Å². The summed E-state index contributed by atoms with van der Waals surface area (Å²) in [5.74, 6) is 0.738. The van der Waals surface area contributed by atoms with E-state index in [0.717, 1.165) is 27.8 Å². The average molecular weight is 304 g/mol. The van der Waals surface area contributed by atoms with Gasteiger partial charge in [0.15, 0.2) is 0 Å². The van der Waals surface area contributed by atoms with Crippen molar-refractivity contribution in [1.29, 1.82) is 0 Å². The first-order valence-corrected chi connectivity index (χ1v) is 7.33. The van der Waals surface area contributed by atoms with Gasteiger partial charge in [-0.2, -0.15) is 0 Å². The number of rotatable bonds is 2. The molecule has 1 aromatic carbocycles. The molecule has 1 atom stereocenters. The fourth-order valence-electron chi connectivity index (χ4n) is 2.63. The van der Waals surface area contributed by atoms with Crippen LogP contribution >= 0.6 is 0 Å². The van der Waals surface area contributed by atoms with Crippen LogP contribution < -0.4 is 10.5 Å². The van der Waals surface area contributed by atoms with Crippen molar-refractivity contribution < 1.29 is 14.3 Å². The lowest BCUT2D eigenvalue weighted by molar-refractivity contribution is 0.0544. The molecule has 2 aromatic rings. The molecule has 0 spiro atoms. The lowest BCUT2D eigenvalue weighted by Crippen LogP contribution is -2.26. The predicted molar refractivity (Wildman–Crippen MR) is 87.5 cm³/mol. The average Bonchev–Trinajstić information content (AvgIpc) is 2.80. The van der Waals surface area contributed by atoms with Gasteiger partial charge in [-0.1, -0.05) is 0 Å². The van der Waals surface area contributed by atoms with E-state index < -0.39 is 11.7 Å². The zero-order chi connectivity index (χ0) is 16.7. The van der Waals surface area contributed by atoms with Crippen molar-refractivity contribution in [3.63, 3.8) is 0 Å². The minimum Gasteiger partial charge on any atom is -0.496 e. The highest BCUT2D eigenvalue weighted by Gasteiger charge is 2.22. The second kappa shape index (κ2) is 5.65.